The van der Waals surface area contributed by atoms with Crippen molar-refractivity contribution in [1.29, 1.82) is 0 Å². The first-order chi connectivity index (χ1) is 15.1. The van der Waals surface area contributed by atoms with Gasteiger partial charge in [-0.05, 0) is 57.8 Å². The van der Waals surface area contributed by atoms with Gasteiger partial charge in [0.1, 0.15) is 0 Å². The van der Waals surface area contributed by atoms with Crippen LogP contribution in [0.1, 0.15) is 31.2 Å². The molecule has 0 aliphatic carbocycles. The van der Waals surface area contributed by atoms with Crippen LogP contribution in [0, 0.1) is 6.92 Å². The van der Waals surface area contributed by atoms with Gasteiger partial charge >= 0.3 is 0 Å². The third-order valence-electron chi connectivity index (χ3n) is 6.13. The number of morpholine rings is 2. The molecular weight excluding hydrogens is 414 g/mol. The van der Waals surface area contributed by atoms with E-state index in [-0.39, 0.29) is 0 Å². The van der Waals surface area contributed by atoms with Crippen molar-refractivity contribution >= 4 is 10.0 Å². The zero-order valence-corrected chi connectivity index (χ0v) is 19.8. The minimum Gasteiger partial charge on any atom is -0.379 e. The molecule has 7 nitrogen and oxygen atoms in total. The molecule has 2 fully saturated rings. The highest BCUT2D eigenvalue weighted by Crippen LogP contribution is 2.18. The standard InChI is InChI=1S/C23H39N3O4S/c1-22-6-8-23(9-7-22)31(27,28)26(12-4-2-10-24-14-18-29-19-15-24)13-5-3-11-25-16-20-30-21-17-25/h6-9H,2-5,10-21H2,1H3. The van der Waals surface area contributed by atoms with Crippen LogP contribution < -0.4 is 0 Å². The van der Waals surface area contributed by atoms with Gasteiger partial charge in [-0.2, -0.15) is 4.31 Å². The molecule has 176 valence electrons. The van der Waals surface area contributed by atoms with Crippen molar-refractivity contribution in [2.45, 2.75) is 37.5 Å². The van der Waals surface area contributed by atoms with Crippen molar-refractivity contribution in [2.75, 3.05) is 78.8 Å². The minimum atomic E-state index is -3.46. The summed E-state index contributed by atoms with van der Waals surface area (Å²) >= 11 is 0. The van der Waals surface area contributed by atoms with E-state index in [9.17, 15) is 8.42 Å². The lowest BCUT2D eigenvalue weighted by Crippen LogP contribution is -2.38. The lowest BCUT2D eigenvalue weighted by Gasteiger charge is -2.28. The van der Waals surface area contributed by atoms with E-state index >= 15 is 0 Å². The summed E-state index contributed by atoms with van der Waals surface area (Å²) < 4.78 is 39.1. The van der Waals surface area contributed by atoms with Crippen LogP contribution in [0.15, 0.2) is 29.2 Å². The second-order valence-corrected chi connectivity index (χ2v) is 10.5. The van der Waals surface area contributed by atoms with E-state index < -0.39 is 10.0 Å². The third kappa shape index (κ3) is 8.11. The Morgan fingerprint density at radius 2 is 1.23 bits per heavy atom. The Balaban J connectivity index is 1.51. The molecule has 2 aliphatic heterocycles. The molecule has 0 saturated carbocycles. The Labute approximate surface area is 188 Å². The number of rotatable bonds is 12. The lowest BCUT2D eigenvalue weighted by molar-refractivity contribution is 0.0367. The molecule has 1 aromatic rings. The van der Waals surface area contributed by atoms with Crippen LogP contribution in [-0.4, -0.2) is 101 Å². The van der Waals surface area contributed by atoms with Gasteiger partial charge in [0.15, 0.2) is 0 Å². The average Bonchev–Trinajstić information content (AvgIpc) is 2.79. The summed E-state index contributed by atoms with van der Waals surface area (Å²) in [6, 6.07) is 7.22. The zero-order valence-electron chi connectivity index (χ0n) is 19.0. The number of unbranched alkanes of at least 4 members (excludes halogenated alkanes) is 2. The summed E-state index contributed by atoms with van der Waals surface area (Å²) in [4.78, 5) is 5.22. The fourth-order valence-electron chi connectivity index (χ4n) is 4.11. The van der Waals surface area contributed by atoms with Gasteiger partial charge in [-0.15, -0.1) is 0 Å². The van der Waals surface area contributed by atoms with E-state index in [1.54, 1.807) is 16.4 Å². The minimum absolute atomic E-state index is 0.402. The number of aryl methyl sites for hydroxylation is 1. The van der Waals surface area contributed by atoms with Gasteiger partial charge < -0.3 is 9.47 Å². The first kappa shape index (κ1) is 24.6. The van der Waals surface area contributed by atoms with Gasteiger partial charge in [-0.25, -0.2) is 8.42 Å². The summed E-state index contributed by atoms with van der Waals surface area (Å²) in [6.45, 7) is 12.3. The maximum Gasteiger partial charge on any atom is 0.243 e. The number of sulfonamides is 1. The van der Waals surface area contributed by atoms with E-state index in [0.29, 0.717) is 18.0 Å². The Morgan fingerprint density at radius 1 is 0.774 bits per heavy atom. The molecule has 2 heterocycles. The van der Waals surface area contributed by atoms with Crippen LogP contribution in [-0.2, 0) is 19.5 Å². The van der Waals surface area contributed by atoms with Gasteiger partial charge in [0.25, 0.3) is 0 Å². The van der Waals surface area contributed by atoms with Crippen LogP contribution in [0.3, 0.4) is 0 Å². The number of nitrogens with zero attached hydrogens (tertiary/aromatic N) is 3. The van der Waals surface area contributed by atoms with Crippen molar-refractivity contribution in [2.24, 2.45) is 0 Å². The molecule has 31 heavy (non-hydrogen) atoms. The van der Waals surface area contributed by atoms with E-state index in [2.05, 4.69) is 9.80 Å². The van der Waals surface area contributed by atoms with E-state index in [0.717, 1.165) is 96.9 Å². The highest BCUT2D eigenvalue weighted by molar-refractivity contribution is 7.89. The molecule has 3 rings (SSSR count). The quantitative estimate of drug-likeness (QED) is 0.452. The number of hydrogen-bond acceptors (Lipinski definition) is 6. The molecular formula is C23H39N3O4S. The number of ether oxygens (including phenoxy) is 2. The maximum absolute atomic E-state index is 13.3. The largest absolute Gasteiger partial charge is 0.379 e. The van der Waals surface area contributed by atoms with Gasteiger partial charge in [0.2, 0.25) is 10.0 Å². The first-order valence-electron chi connectivity index (χ1n) is 11.7. The smallest absolute Gasteiger partial charge is 0.243 e. The predicted octanol–water partition coefficient (Wildman–Crippen LogP) is 2.21. The second kappa shape index (κ2) is 12.9. The normalized spacial score (nSPS) is 19.2. The molecule has 8 heteroatoms. The molecule has 0 atom stereocenters. The Bertz CT molecular complexity index is 704. The molecule has 0 N–H and O–H groups in total. The Kier molecular flexibility index (Phi) is 10.2. The van der Waals surface area contributed by atoms with Gasteiger partial charge in [0, 0.05) is 39.3 Å². The summed E-state index contributed by atoms with van der Waals surface area (Å²) in [7, 11) is -3.46. The van der Waals surface area contributed by atoms with Crippen molar-refractivity contribution < 1.29 is 17.9 Å². The summed E-state index contributed by atoms with van der Waals surface area (Å²) in [5, 5.41) is 0. The molecule has 1 aromatic carbocycles. The molecule has 0 unspecified atom stereocenters. The molecule has 2 saturated heterocycles. The molecule has 0 amide bonds. The molecule has 2 aliphatic rings. The lowest BCUT2D eigenvalue weighted by atomic mass is 10.2. The highest BCUT2D eigenvalue weighted by Gasteiger charge is 2.24. The molecule has 0 aromatic heterocycles. The van der Waals surface area contributed by atoms with Crippen LogP contribution in [0.5, 0.6) is 0 Å². The maximum atomic E-state index is 13.3. The number of hydrogen-bond donors (Lipinski definition) is 0. The molecule has 0 spiro atoms. The molecule has 0 bridgehead atoms. The van der Waals surface area contributed by atoms with Crippen LogP contribution in [0.25, 0.3) is 0 Å². The summed E-state index contributed by atoms with van der Waals surface area (Å²) in [5.74, 6) is 0. The van der Waals surface area contributed by atoms with Crippen LogP contribution in [0.4, 0.5) is 0 Å². The van der Waals surface area contributed by atoms with Crippen LogP contribution in [0.2, 0.25) is 0 Å². The Morgan fingerprint density at radius 3 is 1.68 bits per heavy atom. The topological polar surface area (TPSA) is 62.3 Å². The van der Waals surface area contributed by atoms with Crippen molar-refractivity contribution in [3.05, 3.63) is 29.8 Å². The van der Waals surface area contributed by atoms with E-state index in [4.69, 9.17) is 9.47 Å². The fourth-order valence-corrected chi connectivity index (χ4v) is 5.63. The monoisotopic (exact) mass is 453 g/mol. The van der Waals surface area contributed by atoms with Crippen LogP contribution >= 0.6 is 0 Å². The second-order valence-electron chi connectivity index (χ2n) is 8.54. The average molecular weight is 454 g/mol. The Hall–Kier alpha value is -1.03. The summed E-state index contributed by atoms with van der Waals surface area (Å²) in [6.07, 6.45) is 3.78. The van der Waals surface area contributed by atoms with Crippen molar-refractivity contribution in [1.82, 2.24) is 14.1 Å². The highest BCUT2D eigenvalue weighted by atomic mass is 32.2. The fraction of sp³-hybridized carbons (Fsp3) is 0.739. The van der Waals surface area contributed by atoms with Gasteiger partial charge in [0.05, 0.1) is 31.3 Å². The first-order valence-corrected chi connectivity index (χ1v) is 13.2. The van der Waals surface area contributed by atoms with E-state index in [1.165, 1.54) is 0 Å². The molecule has 0 radical (unpaired) electrons. The van der Waals surface area contributed by atoms with Gasteiger partial charge in [-0.3, -0.25) is 9.80 Å². The number of benzene rings is 1. The van der Waals surface area contributed by atoms with Crippen molar-refractivity contribution in [3.63, 3.8) is 0 Å². The third-order valence-corrected chi connectivity index (χ3v) is 8.04. The zero-order chi connectivity index (χ0) is 21.9. The SMILES string of the molecule is Cc1ccc(S(=O)(=O)N(CCCCN2CCOCC2)CCCCN2CCOCC2)cc1. The van der Waals surface area contributed by atoms with E-state index in [1.807, 2.05) is 19.1 Å². The van der Waals surface area contributed by atoms with Crippen molar-refractivity contribution in [3.8, 4) is 0 Å². The van der Waals surface area contributed by atoms with Gasteiger partial charge in [-0.1, -0.05) is 17.7 Å². The summed E-state index contributed by atoms with van der Waals surface area (Å²) in [5.41, 5.74) is 1.07. The predicted molar refractivity (Wildman–Crippen MR) is 123 cm³/mol.